The molecule has 1 aromatic carbocycles. The lowest BCUT2D eigenvalue weighted by Crippen LogP contribution is -2.41. The normalized spacial score (nSPS) is 9.62. The van der Waals surface area contributed by atoms with Crippen LogP contribution in [0.4, 0.5) is 13.6 Å². The molecule has 0 saturated heterocycles. The van der Waals surface area contributed by atoms with Crippen LogP contribution in [0, 0.1) is 11.6 Å². The predicted octanol–water partition coefficient (Wildman–Crippen LogP) is 1.13. The standard InChI is InChI=1S/C13H12F2N2O4/c1-2-5-16-13(20)17-11(18)7-21-12(19)9-4-3-8(14)6-10(9)15/h2-4,6H,1,5,7H2,(H2,16,17,18,20). The van der Waals surface area contributed by atoms with E-state index < -0.39 is 41.7 Å². The third kappa shape index (κ3) is 5.39. The van der Waals surface area contributed by atoms with Gasteiger partial charge in [-0.05, 0) is 12.1 Å². The first-order valence-electron chi connectivity index (χ1n) is 5.74. The minimum Gasteiger partial charge on any atom is -0.452 e. The predicted molar refractivity (Wildman–Crippen MR) is 68.4 cm³/mol. The Bertz CT molecular complexity index is 575. The molecule has 0 unspecified atom stereocenters. The number of nitrogens with one attached hydrogen (secondary N) is 2. The van der Waals surface area contributed by atoms with Gasteiger partial charge in [0.15, 0.2) is 6.61 Å². The maximum absolute atomic E-state index is 13.3. The van der Waals surface area contributed by atoms with E-state index in [0.717, 1.165) is 12.1 Å². The monoisotopic (exact) mass is 298 g/mol. The van der Waals surface area contributed by atoms with Gasteiger partial charge in [0.25, 0.3) is 5.91 Å². The average molecular weight is 298 g/mol. The molecular formula is C13H12F2N2O4. The zero-order valence-corrected chi connectivity index (χ0v) is 10.8. The number of carbonyl (C=O) groups is 3. The van der Waals surface area contributed by atoms with E-state index in [2.05, 4.69) is 16.6 Å². The fourth-order valence-corrected chi connectivity index (χ4v) is 1.24. The molecule has 6 nitrogen and oxygen atoms in total. The SMILES string of the molecule is C=CCNC(=O)NC(=O)COC(=O)c1ccc(F)cc1F. The summed E-state index contributed by atoms with van der Waals surface area (Å²) < 4.78 is 30.4. The molecule has 0 aliphatic heterocycles. The first-order chi connectivity index (χ1) is 9.93. The van der Waals surface area contributed by atoms with Gasteiger partial charge >= 0.3 is 12.0 Å². The molecule has 0 spiro atoms. The molecule has 2 N–H and O–H groups in total. The maximum Gasteiger partial charge on any atom is 0.341 e. The minimum atomic E-state index is -1.14. The van der Waals surface area contributed by atoms with Crippen LogP contribution >= 0.6 is 0 Å². The lowest BCUT2D eigenvalue weighted by Gasteiger charge is -2.06. The molecule has 0 heterocycles. The van der Waals surface area contributed by atoms with Crippen molar-refractivity contribution in [1.29, 1.82) is 0 Å². The molecule has 0 aliphatic rings. The van der Waals surface area contributed by atoms with Crippen LogP contribution in [-0.2, 0) is 9.53 Å². The summed E-state index contributed by atoms with van der Waals surface area (Å²) in [5.41, 5.74) is -0.514. The van der Waals surface area contributed by atoms with Gasteiger partial charge in [0, 0.05) is 12.6 Å². The van der Waals surface area contributed by atoms with Gasteiger partial charge in [-0.3, -0.25) is 10.1 Å². The number of imide groups is 1. The van der Waals surface area contributed by atoms with Gasteiger partial charge in [0.1, 0.15) is 11.6 Å². The summed E-state index contributed by atoms with van der Waals surface area (Å²) in [7, 11) is 0. The molecule has 0 saturated carbocycles. The van der Waals surface area contributed by atoms with E-state index >= 15 is 0 Å². The minimum absolute atomic E-state index is 0.152. The van der Waals surface area contributed by atoms with E-state index in [4.69, 9.17) is 0 Å². The van der Waals surface area contributed by atoms with Crippen molar-refractivity contribution in [3.8, 4) is 0 Å². The highest BCUT2D eigenvalue weighted by atomic mass is 19.1. The number of rotatable bonds is 5. The smallest absolute Gasteiger partial charge is 0.341 e. The van der Waals surface area contributed by atoms with Crippen molar-refractivity contribution < 1.29 is 27.9 Å². The first-order valence-corrected chi connectivity index (χ1v) is 5.74. The third-order valence-electron chi connectivity index (χ3n) is 2.15. The van der Waals surface area contributed by atoms with Crippen LogP contribution in [-0.4, -0.2) is 31.1 Å². The van der Waals surface area contributed by atoms with E-state index in [1.165, 1.54) is 6.08 Å². The average Bonchev–Trinajstić information content (AvgIpc) is 2.42. The summed E-state index contributed by atoms with van der Waals surface area (Å²) in [5, 5.41) is 4.14. The van der Waals surface area contributed by atoms with Crippen molar-refractivity contribution >= 4 is 17.9 Å². The number of hydrogen-bond acceptors (Lipinski definition) is 4. The largest absolute Gasteiger partial charge is 0.452 e. The highest BCUT2D eigenvalue weighted by Gasteiger charge is 2.16. The van der Waals surface area contributed by atoms with Crippen LogP contribution in [0.2, 0.25) is 0 Å². The number of esters is 1. The van der Waals surface area contributed by atoms with Crippen LogP contribution in [0.3, 0.4) is 0 Å². The molecule has 0 atom stereocenters. The van der Waals surface area contributed by atoms with Gasteiger partial charge in [-0.15, -0.1) is 6.58 Å². The zero-order valence-electron chi connectivity index (χ0n) is 10.8. The lowest BCUT2D eigenvalue weighted by atomic mass is 10.2. The number of benzene rings is 1. The number of halogens is 2. The van der Waals surface area contributed by atoms with Crippen LogP contribution < -0.4 is 10.6 Å². The molecule has 21 heavy (non-hydrogen) atoms. The van der Waals surface area contributed by atoms with Crippen molar-refractivity contribution in [3.05, 3.63) is 48.1 Å². The topological polar surface area (TPSA) is 84.5 Å². The van der Waals surface area contributed by atoms with Crippen molar-refractivity contribution in [2.75, 3.05) is 13.2 Å². The van der Waals surface area contributed by atoms with Gasteiger partial charge in [0.2, 0.25) is 0 Å². The van der Waals surface area contributed by atoms with Crippen LogP contribution in [0.15, 0.2) is 30.9 Å². The van der Waals surface area contributed by atoms with Gasteiger partial charge in [0.05, 0.1) is 5.56 Å². The molecule has 112 valence electrons. The highest BCUT2D eigenvalue weighted by Crippen LogP contribution is 2.10. The van der Waals surface area contributed by atoms with Crippen molar-refractivity contribution in [2.45, 2.75) is 0 Å². The molecule has 8 heteroatoms. The molecule has 0 aliphatic carbocycles. The summed E-state index contributed by atoms with van der Waals surface area (Å²) in [5.74, 6) is -3.99. The summed E-state index contributed by atoms with van der Waals surface area (Å²) in [6, 6.07) is 1.49. The van der Waals surface area contributed by atoms with E-state index in [-0.39, 0.29) is 6.54 Å². The molecule has 0 fully saturated rings. The number of ether oxygens (including phenoxy) is 1. The fraction of sp³-hybridized carbons (Fsp3) is 0.154. The second-order valence-corrected chi connectivity index (χ2v) is 3.75. The van der Waals surface area contributed by atoms with Crippen molar-refractivity contribution in [2.24, 2.45) is 0 Å². The Kier molecular flexibility index (Phi) is 5.99. The van der Waals surface area contributed by atoms with E-state index in [0.29, 0.717) is 6.07 Å². The summed E-state index contributed by atoms with van der Waals surface area (Å²) in [4.78, 5) is 33.8. The third-order valence-corrected chi connectivity index (χ3v) is 2.15. The second-order valence-electron chi connectivity index (χ2n) is 3.75. The van der Waals surface area contributed by atoms with E-state index in [9.17, 15) is 23.2 Å². The molecule has 3 amide bonds. The Balaban J connectivity index is 2.47. The van der Waals surface area contributed by atoms with E-state index in [1.54, 1.807) is 0 Å². The molecule has 1 rings (SSSR count). The number of hydrogen-bond donors (Lipinski definition) is 2. The quantitative estimate of drug-likeness (QED) is 0.630. The number of carbonyl (C=O) groups excluding carboxylic acids is 3. The number of amides is 3. The Morgan fingerprint density at radius 3 is 2.62 bits per heavy atom. The Hall–Kier alpha value is -2.77. The highest BCUT2D eigenvalue weighted by molar-refractivity contribution is 5.97. The van der Waals surface area contributed by atoms with Gasteiger partial charge in [-0.25, -0.2) is 18.4 Å². The summed E-state index contributed by atoms with van der Waals surface area (Å²) >= 11 is 0. The molecule has 0 bridgehead atoms. The number of urea groups is 1. The van der Waals surface area contributed by atoms with Gasteiger partial charge in [-0.2, -0.15) is 0 Å². The van der Waals surface area contributed by atoms with Gasteiger partial charge in [-0.1, -0.05) is 6.08 Å². The zero-order chi connectivity index (χ0) is 15.8. The van der Waals surface area contributed by atoms with Crippen LogP contribution in [0.5, 0.6) is 0 Å². The van der Waals surface area contributed by atoms with Crippen LogP contribution in [0.25, 0.3) is 0 Å². The second kappa shape index (κ2) is 7.73. The maximum atomic E-state index is 13.3. The molecule has 1 aromatic rings. The lowest BCUT2D eigenvalue weighted by molar-refractivity contribution is -0.123. The van der Waals surface area contributed by atoms with Crippen molar-refractivity contribution in [1.82, 2.24) is 10.6 Å². The van der Waals surface area contributed by atoms with Crippen LogP contribution in [0.1, 0.15) is 10.4 Å². The summed E-state index contributed by atoms with van der Waals surface area (Å²) in [6.45, 7) is 2.73. The van der Waals surface area contributed by atoms with Crippen molar-refractivity contribution in [3.63, 3.8) is 0 Å². The fourth-order valence-electron chi connectivity index (χ4n) is 1.24. The van der Waals surface area contributed by atoms with E-state index in [1.807, 2.05) is 5.32 Å². The Morgan fingerprint density at radius 1 is 1.29 bits per heavy atom. The Morgan fingerprint density at radius 2 is 2.00 bits per heavy atom. The first kappa shape index (κ1) is 16.3. The molecule has 0 aromatic heterocycles. The molecule has 0 radical (unpaired) electrons. The summed E-state index contributed by atoms with van der Waals surface area (Å²) in [6.07, 6.45) is 1.40. The van der Waals surface area contributed by atoms with Gasteiger partial charge < -0.3 is 10.1 Å². The molecular weight excluding hydrogens is 286 g/mol. The Labute approximate surface area is 118 Å².